The van der Waals surface area contributed by atoms with Crippen molar-refractivity contribution in [3.63, 3.8) is 0 Å². The van der Waals surface area contributed by atoms with Crippen molar-refractivity contribution in [1.82, 2.24) is 5.32 Å². The average Bonchev–Trinajstić information content (AvgIpc) is 2.99. The van der Waals surface area contributed by atoms with Crippen LogP contribution in [0, 0.1) is 6.92 Å². The Balaban J connectivity index is 1.82. The van der Waals surface area contributed by atoms with E-state index >= 15 is 0 Å². The van der Waals surface area contributed by atoms with Crippen LogP contribution in [0.1, 0.15) is 30.5 Å². The summed E-state index contributed by atoms with van der Waals surface area (Å²) in [4.78, 5) is 14.4. The summed E-state index contributed by atoms with van der Waals surface area (Å²) in [5.41, 5.74) is 4.08. The smallest absolute Gasteiger partial charge is 0.241 e. The summed E-state index contributed by atoms with van der Waals surface area (Å²) in [6.07, 6.45) is 4.27. The molecule has 1 fully saturated rings. The molecule has 2 heterocycles. The van der Waals surface area contributed by atoms with Gasteiger partial charge in [-0.3, -0.25) is 4.79 Å². The summed E-state index contributed by atoms with van der Waals surface area (Å²) in [7, 11) is 0. The molecule has 3 heteroatoms. The average molecular weight is 318 g/mol. The predicted octanol–water partition coefficient (Wildman–Crippen LogP) is 3.63. The minimum Gasteiger partial charge on any atom is -0.335 e. The molecule has 0 radical (unpaired) electrons. The van der Waals surface area contributed by atoms with Gasteiger partial charge in [0.1, 0.15) is 5.66 Å². The summed E-state index contributed by atoms with van der Waals surface area (Å²) in [6.45, 7) is 6.90. The number of carbonyl (C=O) groups excluding carboxylic acids is 1. The van der Waals surface area contributed by atoms with Crippen LogP contribution in [0.4, 0.5) is 5.69 Å². The van der Waals surface area contributed by atoms with Crippen molar-refractivity contribution < 1.29 is 4.79 Å². The first-order valence-corrected chi connectivity index (χ1v) is 8.38. The standard InChI is InChI=1S/C21H22N2O/c1-15-8-10-16(11-9-15)12-13-21-20(2,3)17-6-4-5-7-18(17)23(21)14-19(24)22-21/h4-13H,14H2,1-3H3,(H,22,24)/t21-/m0/s1. The summed E-state index contributed by atoms with van der Waals surface area (Å²) in [5, 5.41) is 3.25. The van der Waals surface area contributed by atoms with Gasteiger partial charge in [-0.2, -0.15) is 0 Å². The Kier molecular flexibility index (Phi) is 3.11. The Morgan fingerprint density at radius 1 is 1.08 bits per heavy atom. The second-order valence-electron chi connectivity index (χ2n) is 7.29. The molecule has 0 saturated carbocycles. The van der Waals surface area contributed by atoms with Gasteiger partial charge in [0.05, 0.1) is 6.54 Å². The SMILES string of the molecule is Cc1ccc(C=C[C@]23NC(=O)CN2c2ccccc2C3(C)C)cc1. The van der Waals surface area contributed by atoms with Crippen molar-refractivity contribution >= 4 is 17.7 Å². The fourth-order valence-corrected chi connectivity index (χ4v) is 4.03. The van der Waals surface area contributed by atoms with E-state index in [1.54, 1.807) is 0 Å². The van der Waals surface area contributed by atoms with Gasteiger partial charge in [0.2, 0.25) is 5.91 Å². The fourth-order valence-electron chi connectivity index (χ4n) is 4.03. The van der Waals surface area contributed by atoms with E-state index in [0.29, 0.717) is 6.54 Å². The molecule has 24 heavy (non-hydrogen) atoms. The lowest BCUT2D eigenvalue weighted by atomic mass is 9.75. The number of hydrogen-bond acceptors (Lipinski definition) is 2. The number of hydrogen-bond donors (Lipinski definition) is 1. The number of benzene rings is 2. The number of para-hydroxylation sites is 1. The zero-order valence-electron chi connectivity index (χ0n) is 14.3. The number of nitrogens with zero attached hydrogens (tertiary/aromatic N) is 1. The first kappa shape index (κ1) is 15.0. The number of anilines is 1. The number of amides is 1. The molecule has 1 atom stereocenters. The first-order valence-electron chi connectivity index (χ1n) is 8.38. The molecule has 0 unspecified atom stereocenters. The molecule has 4 rings (SSSR count). The van der Waals surface area contributed by atoms with Gasteiger partial charge in [0.25, 0.3) is 0 Å². The third-order valence-electron chi connectivity index (χ3n) is 5.47. The van der Waals surface area contributed by atoms with Crippen molar-refractivity contribution in [1.29, 1.82) is 0 Å². The van der Waals surface area contributed by atoms with E-state index in [-0.39, 0.29) is 11.3 Å². The van der Waals surface area contributed by atoms with E-state index in [1.807, 2.05) is 6.07 Å². The van der Waals surface area contributed by atoms with Gasteiger partial charge in [-0.1, -0.05) is 68.0 Å². The third-order valence-corrected chi connectivity index (χ3v) is 5.47. The Morgan fingerprint density at radius 3 is 2.54 bits per heavy atom. The summed E-state index contributed by atoms with van der Waals surface area (Å²) in [6, 6.07) is 16.8. The monoisotopic (exact) mass is 318 g/mol. The van der Waals surface area contributed by atoms with Gasteiger partial charge < -0.3 is 10.2 Å². The number of rotatable bonds is 2. The van der Waals surface area contributed by atoms with Crippen LogP contribution in [0.2, 0.25) is 0 Å². The highest BCUT2D eigenvalue weighted by molar-refractivity contribution is 5.91. The van der Waals surface area contributed by atoms with Gasteiger partial charge in [0, 0.05) is 11.1 Å². The summed E-state index contributed by atoms with van der Waals surface area (Å²) in [5.74, 6) is 0.0751. The maximum absolute atomic E-state index is 12.2. The van der Waals surface area contributed by atoms with Crippen LogP contribution in [0.5, 0.6) is 0 Å². The molecule has 2 aliphatic heterocycles. The highest BCUT2D eigenvalue weighted by Gasteiger charge is 2.59. The third kappa shape index (κ3) is 1.94. The second-order valence-corrected chi connectivity index (χ2v) is 7.29. The Bertz CT molecular complexity index is 835. The first-order chi connectivity index (χ1) is 11.4. The number of fused-ring (bicyclic) bond motifs is 3. The van der Waals surface area contributed by atoms with Crippen molar-refractivity contribution in [3.05, 3.63) is 71.3 Å². The molecular formula is C21H22N2O. The maximum Gasteiger partial charge on any atom is 0.241 e. The van der Waals surface area contributed by atoms with E-state index in [1.165, 1.54) is 11.1 Å². The van der Waals surface area contributed by atoms with Crippen molar-refractivity contribution in [2.24, 2.45) is 0 Å². The molecule has 1 N–H and O–H groups in total. The van der Waals surface area contributed by atoms with Crippen LogP contribution in [0.25, 0.3) is 6.08 Å². The van der Waals surface area contributed by atoms with E-state index in [0.717, 1.165) is 11.3 Å². The molecule has 122 valence electrons. The summed E-state index contributed by atoms with van der Waals surface area (Å²) >= 11 is 0. The zero-order valence-corrected chi connectivity index (χ0v) is 14.3. The molecule has 0 aromatic heterocycles. The van der Waals surface area contributed by atoms with E-state index in [4.69, 9.17) is 0 Å². The molecule has 1 saturated heterocycles. The molecule has 3 nitrogen and oxygen atoms in total. The van der Waals surface area contributed by atoms with Crippen molar-refractivity contribution in [2.45, 2.75) is 31.8 Å². The van der Waals surface area contributed by atoms with Crippen LogP contribution in [0.3, 0.4) is 0 Å². The quantitative estimate of drug-likeness (QED) is 0.917. The highest BCUT2D eigenvalue weighted by atomic mass is 16.2. The Hall–Kier alpha value is -2.55. The van der Waals surface area contributed by atoms with Crippen LogP contribution in [-0.2, 0) is 10.2 Å². The van der Waals surface area contributed by atoms with E-state index in [2.05, 4.69) is 85.6 Å². The Morgan fingerprint density at radius 2 is 1.79 bits per heavy atom. The lowest BCUT2D eigenvalue weighted by Crippen LogP contribution is -2.58. The normalized spacial score (nSPS) is 24.1. The molecular weight excluding hydrogens is 296 g/mol. The molecule has 2 aromatic carbocycles. The van der Waals surface area contributed by atoms with E-state index in [9.17, 15) is 4.79 Å². The van der Waals surface area contributed by atoms with Gasteiger partial charge >= 0.3 is 0 Å². The minimum absolute atomic E-state index is 0.0751. The second kappa shape index (κ2) is 4.97. The van der Waals surface area contributed by atoms with Crippen LogP contribution >= 0.6 is 0 Å². The molecule has 0 aliphatic carbocycles. The predicted molar refractivity (Wildman–Crippen MR) is 97.9 cm³/mol. The zero-order chi connectivity index (χ0) is 16.9. The molecule has 0 bridgehead atoms. The van der Waals surface area contributed by atoms with Crippen LogP contribution in [0.15, 0.2) is 54.6 Å². The lowest BCUT2D eigenvalue weighted by molar-refractivity contribution is -0.118. The van der Waals surface area contributed by atoms with E-state index < -0.39 is 5.66 Å². The molecule has 0 spiro atoms. The topological polar surface area (TPSA) is 32.3 Å². The maximum atomic E-state index is 12.2. The van der Waals surface area contributed by atoms with Crippen molar-refractivity contribution in [2.75, 3.05) is 11.4 Å². The van der Waals surface area contributed by atoms with Gasteiger partial charge in [0.15, 0.2) is 0 Å². The van der Waals surface area contributed by atoms with Gasteiger partial charge in [-0.15, -0.1) is 0 Å². The number of carbonyl (C=O) groups is 1. The van der Waals surface area contributed by atoms with Crippen LogP contribution in [-0.4, -0.2) is 18.1 Å². The molecule has 2 aliphatic rings. The highest BCUT2D eigenvalue weighted by Crippen LogP contribution is 2.52. The molecule has 1 amide bonds. The van der Waals surface area contributed by atoms with Crippen molar-refractivity contribution in [3.8, 4) is 0 Å². The Labute approximate surface area is 143 Å². The lowest BCUT2D eigenvalue weighted by Gasteiger charge is -2.40. The largest absolute Gasteiger partial charge is 0.335 e. The van der Waals surface area contributed by atoms with Gasteiger partial charge in [-0.05, 0) is 30.2 Å². The number of nitrogens with one attached hydrogen (secondary N) is 1. The number of aryl methyl sites for hydroxylation is 1. The molecule has 2 aromatic rings. The summed E-state index contributed by atoms with van der Waals surface area (Å²) < 4.78 is 0. The van der Waals surface area contributed by atoms with Gasteiger partial charge in [-0.25, -0.2) is 0 Å². The minimum atomic E-state index is -0.515. The fraction of sp³-hybridized carbons (Fsp3) is 0.286. The van der Waals surface area contributed by atoms with Crippen LogP contribution < -0.4 is 10.2 Å².